The van der Waals surface area contributed by atoms with Crippen LogP contribution in [0.2, 0.25) is 0 Å². The highest BCUT2D eigenvalue weighted by Gasteiger charge is 2.14. The summed E-state index contributed by atoms with van der Waals surface area (Å²) in [6.07, 6.45) is 1.09. The van der Waals surface area contributed by atoms with Crippen molar-refractivity contribution in [2.24, 2.45) is 0 Å². The van der Waals surface area contributed by atoms with Crippen molar-refractivity contribution in [3.05, 3.63) is 23.8 Å². The molecule has 0 aromatic heterocycles. The van der Waals surface area contributed by atoms with Crippen LogP contribution in [0.15, 0.2) is 18.2 Å². The van der Waals surface area contributed by atoms with Crippen LogP contribution in [0, 0.1) is 6.92 Å². The average Bonchev–Trinajstić information content (AvgIpc) is 2.30. The standard InChI is InChI=1S/C13H22N2O4S2/c1-5-21(18,19)9-11(3)14-12-6-7-13(10(2)8-12)15-20(4,16)17/h6-8,11,14-15H,5,9H2,1-4H3. The van der Waals surface area contributed by atoms with Crippen LogP contribution >= 0.6 is 0 Å². The Balaban J connectivity index is 2.81. The third kappa shape index (κ3) is 6.34. The molecule has 8 heteroatoms. The summed E-state index contributed by atoms with van der Waals surface area (Å²) < 4.78 is 48.0. The van der Waals surface area contributed by atoms with Gasteiger partial charge in [-0.1, -0.05) is 6.92 Å². The predicted octanol–water partition coefficient (Wildman–Crippen LogP) is 1.60. The summed E-state index contributed by atoms with van der Waals surface area (Å²) in [5.41, 5.74) is 2.03. The number of benzene rings is 1. The number of rotatable bonds is 7. The van der Waals surface area contributed by atoms with Crippen LogP contribution in [-0.2, 0) is 19.9 Å². The van der Waals surface area contributed by atoms with E-state index in [0.29, 0.717) is 5.69 Å². The molecule has 0 aliphatic heterocycles. The fourth-order valence-electron chi connectivity index (χ4n) is 1.89. The molecule has 1 atom stereocenters. The molecule has 0 bridgehead atoms. The van der Waals surface area contributed by atoms with E-state index < -0.39 is 19.9 Å². The first kappa shape index (κ1) is 17.8. The fourth-order valence-corrected chi connectivity index (χ4v) is 3.60. The van der Waals surface area contributed by atoms with Gasteiger partial charge in [-0.25, -0.2) is 16.8 Å². The van der Waals surface area contributed by atoms with E-state index in [1.165, 1.54) is 0 Å². The maximum atomic E-state index is 11.6. The van der Waals surface area contributed by atoms with E-state index in [9.17, 15) is 16.8 Å². The molecule has 1 rings (SSSR count). The molecule has 0 aliphatic carbocycles. The minimum absolute atomic E-state index is 0.0614. The fraction of sp³-hybridized carbons (Fsp3) is 0.538. The minimum atomic E-state index is -3.31. The number of hydrogen-bond acceptors (Lipinski definition) is 5. The number of hydrogen-bond donors (Lipinski definition) is 2. The van der Waals surface area contributed by atoms with Gasteiger partial charge >= 0.3 is 0 Å². The van der Waals surface area contributed by atoms with Gasteiger partial charge in [-0.2, -0.15) is 0 Å². The lowest BCUT2D eigenvalue weighted by molar-refractivity contribution is 0.593. The van der Waals surface area contributed by atoms with Crippen LogP contribution in [-0.4, -0.2) is 40.6 Å². The maximum absolute atomic E-state index is 11.6. The first-order chi connectivity index (χ1) is 9.52. The maximum Gasteiger partial charge on any atom is 0.229 e. The zero-order chi connectivity index (χ0) is 16.3. The molecule has 6 nitrogen and oxygen atoms in total. The first-order valence-electron chi connectivity index (χ1n) is 6.58. The second-order valence-electron chi connectivity index (χ2n) is 5.15. The van der Waals surface area contributed by atoms with Gasteiger partial charge in [0.2, 0.25) is 10.0 Å². The molecule has 1 aromatic rings. The minimum Gasteiger partial charge on any atom is -0.382 e. The van der Waals surface area contributed by atoms with Gasteiger partial charge in [0.05, 0.1) is 17.7 Å². The zero-order valence-corrected chi connectivity index (χ0v) is 14.3. The van der Waals surface area contributed by atoms with E-state index >= 15 is 0 Å². The molecule has 0 heterocycles. The summed E-state index contributed by atoms with van der Waals surface area (Å²) in [6.45, 7) is 5.20. The van der Waals surface area contributed by atoms with Crippen molar-refractivity contribution in [3.8, 4) is 0 Å². The highest BCUT2D eigenvalue weighted by Crippen LogP contribution is 2.21. The lowest BCUT2D eigenvalue weighted by Crippen LogP contribution is -2.26. The van der Waals surface area contributed by atoms with Gasteiger partial charge in [-0.05, 0) is 37.6 Å². The van der Waals surface area contributed by atoms with Crippen LogP contribution in [0.3, 0.4) is 0 Å². The van der Waals surface area contributed by atoms with Crippen molar-refractivity contribution >= 4 is 31.2 Å². The van der Waals surface area contributed by atoms with Gasteiger partial charge in [0, 0.05) is 17.5 Å². The molecule has 0 radical (unpaired) electrons. The van der Waals surface area contributed by atoms with Crippen molar-refractivity contribution in [3.63, 3.8) is 0 Å². The van der Waals surface area contributed by atoms with Gasteiger partial charge in [-0.15, -0.1) is 0 Å². The molecular formula is C13H22N2O4S2. The van der Waals surface area contributed by atoms with Gasteiger partial charge in [0.15, 0.2) is 9.84 Å². The highest BCUT2D eigenvalue weighted by molar-refractivity contribution is 7.92. The van der Waals surface area contributed by atoms with Crippen LogP contribution < -0.4 is 10.0 Å². The monoisotopic (exact) mass is 334 g/mol. The number of sulfonamides is 1. The zero-order valence-electron chi connectivity index (χ0n) is 12.7. The summed E-state index contributed by atoms with van der Waals surface area (Å²) >= 11 is 0. The smallest absolute Gasteiger partial charge is 0.229 e. The molecule has 0 spiro atoms. The predicted molar refractivity (Wildman–Crippen MR) is 87.1 cm³/mol. The topological polar surface area (TPSA) is 92.3 Å². The Hall–Kier alpha value is -1.28. The van der Waals surface area contributed by atoms with Crippen molar-refractivity contribution < 1.29 is 16.8 Å². The Kier molecular flexibility index (Phi) is 5.63. The summed E-state index contributed by atoms with van der Waals surface area (Å²) in [6, 6.07) is 4.93. The van der Waals surface area contributed by atoms with Gasteiger partial charge in [-0.3, -0.25) is 4.72 Å². The van der Waals surface area contributed by atoms with Crippen LogP contribution in [0.25, 0.3) is 0 Å². The normalized spacial score (nSPS) is 13.7. The van der Waals surface area contributed by atoms with E-state index in [4.69, 9.17) is 0 Å². The summed E-state index contributed by atoms with van der Waals surface area (Å²) in [5.74, 6) is 0.182. The van der Waals surface area contributed by atoms with Crippen molar-refractivity contribution in [2.75, 3.05) is 27.8 Å². The number of aryl methyl sites for hydroxylation is 1. The van der Waals surface area contributed by atoms with Gasteiger partial charge in [0.25, 0.3) is 0 Å². The Labute approximate surface area is 126 Å². The van der Waals surface area contributed by atoms with Crippen LogP contribution in [0.1, 0.15) is 19.4 Å². The van der Waals surface area contributed by atoms with E-state index in [2.05, 4.69) is 10.0 Å². The summed E-state index contributed by atoms with van der Waals surface area (Å²) in [4.78, 5) is 0. The number of nitrogens with one attached hydrogen (secondary N) is 2. The quantitative estimate of drug-likeness (QED) is 0.790. The molecule has 120 valence electrons. The Morgan fingerprint density at radius 2 is 1.81 bits per heavy atom. The second kappa shape index (κ2) is 6.65. The molecule has 0 aliphatic rings. The molecule has 0 saturated carbocycles. The Morgan fingerprint density at radius 3 is 2.29 bits per heavy atom. The lowest BCUT2D eigenvalue weighted by Gasteiger charge is -2.16. The molecular weight excluding hydrogens is 312 g/mol. The molecule has 21 heavy (non-hydrogen) atoms. The molecule has 1 aromatic carbocycles. The molecule has 0 saturated heterocycles. The molecule has 1 unspecified atom stereocenters. The third-order valence-corrected chi connectivity index (χ3v) is 5.36. The SMILES string of the molecule is CCS(=O)(=O)CC(C)Nc1ccc(NS(C)(=O)=O)c(C)c1. The van der Waals surface area contributed by atoms with Crippen LogP contribution in [0.5, 0.6) is 0 Å². The largest absolute Gasteiger partial charge is 0.382 e. The second-order valence-corrected chi connectivity index (χ2v) is 9.29. The van der Waals surface area contributed by atoms with E-state index in [-0.39, 0.29) is 17.5 Å². The van der Waals surface area contributed by atoms with Crippen molar-refractivity contribution in [2.45, 2.75) is 26.8 Å². The van der Waals surface area contributed by atoms with E-state index in [1.807, 2.05) is 0 Å². The van der Waals surface area contributed by atoms with Gasteiger partial charge in [0.1, 0.15) is 0 Å². The number of anilines is 2. The highest BCUT2D eigenvalue weighted by atomic mass is 32.2. The summed E-state index contributed by atoms with van der Waals surface area (Å²) in [7, 11) is -6.35. The van der Waals surface area contributed by atoms with E-state index in [1.54, 1.807) is 39.0 Å². The van der Waals surface area contributed by atoms with Crippen molar-refractivity contribution in [1.82, 2.24) is 0 Å². The number of sulfone groups is 1. The summed E-state index contributed by atoms with van der Waals surface area (Å²) in [5, 5.41) is 3.11. The third-order valence-electron chi connectivity index (χ3n) is 2.88. The lowest BCUT2D eigenvalue weighted by atomic mass is 10.2. The molecule has 2 N–H and O–H groups in total. The Morgan fingerprint density at radius 1 is 1.19 bits per heavy atom. The Bertz CT molecular complexity index is 697. The van der Waals surface area contributed by atoms with Gasteiger partial charge < -0.3 is 5.32 Å². The van der Waals surface area contributed by atoms with Crippen LogP contribution in [0.4, 0.5) is 11.4 Å². The van der Waals surface area contributed by atoms with Crippen molar-refractivity contribution in [1.29, 1.82) is 0 Å². The molecule has 0 fully saturated rings. The molecule has 0 amide bonds. The first-order valence-corrected chi connectivity index (χ1v) is 10.3. The average molecular weight is 334 g/mol. The van der Waals surface area contributed by atoms with E-state index in [0.717, 1.165) is 17.5 Å².